The Morgan fingerprint density at radius 2 is 1.06 bits per heavy atom. The SMILES string of the molecule is C=CC1(C)C=CC2=C(C=C1)C1(c3ccccc32)c2ccccc2-c2ccc(-c3cc(-c4ccccc4)nc(-c4ccccc4)c3)cc21. The first kappa shape index (κ1) is 27.5. The molecule has 0 N–H and O–H groups in total. The van der Waals surface area contributed by atoms with E-state index >= 15 is 0 Å². The van der Waals surface area contributed by atoms with Crippen molar-refractivity contribution < 1.29 is 0 Å². The molecule has 0 radical (unpaired) electrons. The van der Waals surface area contributed by atoms with Crippen LogP contribution in [0.1, 0.15) is 29.2 Å². The van der Waals surface area contributed by atoms with E-state index in [4.69, 9.17) is 4.98 Å². The lowest BCUT2D eigenvalue weighted by Crippen LogP contribution is -2.27. The molecule has 3 aliphatic carbocycles. The minimum Gasteiger partial charge on any atom is -0.248 e. The smallest absolute Gasteiger partial charge is 0.0725 e. The summed E-state index contributed by atoms with van der Waals surface area (Å²) in [6.45, 7) is 6.40. The van der Waals surface area contributed by atoms with Crippen LogP contribution in [0.15, 0.2) is 182 Å². The largest absolute Gasteiger partial charge is 0.248 e. The Hall–Kier alpha value is -5.79. The molecule has 1 heterocycles. The Bertz CT molecular complexity index is 2260. The van der Waals surface area contributed by atoms with Crippen LogP contribution in [0.3, 0.4) is 0 Å². The fourth-order valence-electron chi connectivity index (χ4n) is 7.90. The monoisotopic (exact) mass is 599 g/mol. The van der Waals surface area contributed by atoms with Gasteiger partial charge in [0.25, 0.3) is 0 Å². The highest BCUT2D eigenvalue weighted by Crippen LogP contribution is 2.63. The van der Waals surface area contributed by atoms with Gasteiger partial charge in [0.1, 0.15) is 0 Å². The molecule has 1 spiro atoms. The highest BCUT2D eigenvalue weighted by molar-refractivity contribution is 5.99. The number of benzene rings is 5. The van der Waals surface area contributed by atoms with E-state index in [1.54, 1.807) is 0 Å². The van der Waals surface area contributed by atoms with Crippen LogP contribution in [0, 0.1) is 5.41 Å². The summed E-state index contributed by atoms with van der Waals surface area (Å²) in [5.41, 5.74) is 16.4. The minimum absolute atomic E-state index is 0.220. The fraction of sp³-hybridized carbons (Fsp3) is 0.0652. The molecule has 6 aromatic rings. The van der Waals surface area contributed by atoms with E-state index in [2.05, 4.69) is 177 Å². The van der Waals surface area contributed by atoms with Gasteiger partial charge in [-0.3, -0.25) is 0 Å². The summed E-state index contributed by atoms with van der Waals surface area (Å²) >= 11 is 0. The van der Waals surface area contributed by atoms with Crippen molar-refractivity contribution >= 4 is 5.57 Å². The normalized spacial score (nSPS) is 20.0. The minimum atomic E-state index is -0.432. The van der Waals surface area contributed by atoms with Gasteiger partial charge < -0.3 is 0 Å². The molecule has 1 aromatic heterocycles. The van der Waals surface area contributed by atoms with E-state index in [1.165, 1.54) is 50.1 Å². The number of aromatic nitrogens is 1. The Labute approximate surface area is 276 Å². The maximum absolute atomic E-state index is 5.16. The number of nitrogens with zero attached hydrogens (tertiary/aromatic N) is 1. The molecule has 0 fully saturated rings. The average Bonchev–Trinajstić information content (AvgIpc) is 3.51. The van der Waals surface area contributed by atoms with Crippen LogP contribution in [0.25, 0.3) is 50.3 Å². The van der Waals surface area contributed by atoms with E-state index in [-0.39, 0.29) is 5.41 Å². The van der Waals surface area contributed by atoms with Crippen LogP contribution in [-0.4, -0.2) is 4.98 Å². The molecule has 0 bridgehead atoms. The first-order valence-electron chi connectivity index (χ1n) is 16.3. The van der Waals surface area contributed by atoms with Crippen molar-refractivity contribution in [1.82, 2.24) is 4.98 Å². The molecule has 0 saturated heterocycles. The average molecular weight is 600 g/mol. The van der Waals surface area contributed by atoms with Gasteiger partial charge in [0.05, 0.1) is 16.8 Å². The lowest BCUT2D eigenvalue weighted by atomic mass is 9.69. The molecule has 3 aliphatic rings. The van der Waals surface area contributed by atoms with Crippen LogP contribution in [0.2, 0.25) is 0 Å². The van der Waals surface area contributed by atoms with Crippen molar-refractivity contribution in [3.05, 3.63) is 204 Å². The maximum Gasteiger partial charge on any atom is 0.0725 e. The zero-order valence-electron chi connectivity index (χ0n) is 26.3. The lowest BCUT2D eigenvalue weighted by molar-refractivity contribution is 0.715. The standard InChI is InChI=1S/C46H33N/c1-3-45(2)26-24-38-36-19-11-13-21-40(36)46(41(38)25-27-45)39-20-12-10-18-35(39)37-23-22-33(28-42(37)46)34-29-43(31-14-6-4-7-15-31)47-44(30-34)32-16-8-5-9-17-32/h3-30H,1H2,2H3. The van der Waals surface area contributed by atoms with Gasteiger partial charge in [0.2, 0.25) is 0 Å². The van der Waals surface area contributed by atoms with Gasteiger partial charge in [-0.2, -0.15) is 0 Å². The van der Waals surface area contributed by atoms with Crippen molar-refractivity contribution in [2.45, 2.75) is 12.3 Å². The van der Waals surface area contributed by atoms with Crippen molar-refractivity contribution in [2.24, 2.45) is 5.41 Å². The lowest BCUT2D eigenvalue weighted by Gasteiger charge is -2.32. The van der Waals surface area contributed by atoms with Crippen molar-refractivity contribution in [1.29, 1.82) is 0 Å². The molecule has 1 heteroatoms. The molecular formula is C46H33N. The van der Waals surface area contributed by atoms with Gasteiger partial charge >= 0.3 is 0 Å². The summed E-state index contributed by atoms with van der Waals surface area (Å²) in [6, 6.07) is 50.6. The topological polar surface area (TPSA) is 12.9 Å². The van der Waals surface area contributed by atoms with Gasteiger partial charge in [0.15, 0.2) is 0 Å². The molecule has 0 amide bonds. The van der Waals surface area contributed by atoms with Crippen LogP contribution >= 0.6 is 0 Å². The number of hydrogen-bond donors (Lipinski definition) is 0. The molecule has 2 unspecified atom stereocenters. The molecule has 1 nitrogen and oxygen atoms in total. The molecule has 222 valence electrons. The molecule has 2 atom stereocenters. The summed E-state index contributed by atoms with van der Waals surface area (Å²) in [7, 11) is 0. The number of hydrogen-bond acceptors (Lipinski definition) is 1. The Morgan fingerprint density at radius 3 is 1.72 bits per heavy atom. The van der Waals surface area contributed by atoms with Crippen LogP contribution in [-0.2, 0) is 5.41 Å². The number of pyridine rings is 1. The third kappa shape index (κ3) is 4.06. The predicted octanol–water partition coefficient (Wildman–Crippen LogP) is 11.5. The van der Waals surface area contributed by atoms with Gasteiger partial charge in [-0.1, -0.05) is 152 Å². The van der Waals surface area contributed by atoms with Crippen LogP contribution in [0.4, 0.5) is 0 Å². The van der Waals surface area contributed by atoms with Crippen molar-refractivity contribution in [2.75, 3.05) is 0 Å². The predicted molar refractivity (Wildman–Crippen MR) is 196 cm³/mol. The fourth-order valence-corrected chi connectivity index (χ4v) is 7.90. The molecule has 0 saturated carbocycles. The van der Waals surface area contributed by atoms with Crippen LogP contribution < -0.4 is 0 Å². The second-order valence-corrected chi connectivity index (χ2v) is 13.0. The summed E-state index contributed by atoms with van der Waals surface area (Å²) in [4.78, 5) is 5.16. The van der Waals surface area contributed by atoms with E-state index in [9.17, 15) is 0 Å². The van der Waals surface area contributed by atoms with E-state index in [0.29, 0.717) is 0 Å². The third-order valence-corrected chi connectivity index (χ3v) is 10.3. The number of fused-ring (bicyclic) bond motifs is 9. The summed E-state index contributed by atoms with van der Waals surface area (Å²) in [6.07, 6.45) is 11.4. The first-order valence-corrected chi connectivity index (χ1v) is 16.3. The second kappa shape index (κ2) is 10.4. The summed E-state index contributed by atoms with van der Waals surface area (Å²) < 4.78 is 0. The Morgan fingerprint density at radius 1 is 0.511 bits per heavy atom. The maximum atomic E-state index is 5.16. The van der Waals surface area contributed by atoms with Gasteiger partial charge in [-0.25, -0.2) is 4.98 Å². The Kier molecular flexibility index (Phi) is 6.07. The molecular weight excluding hydrogens is 567 g/mol. The summed E-state index contributed by atoms with van der Waals surface area (Å²) in [5.74, 6) is 0. The molecule has 47 heavy (non-hydrogen) atoms. The quantitative estimate of drug-likeness (QED) is 0.184. The molecule has 5 aromatic carbocycles. The molecule has 0 aliphatic heterocycles. The van der Waals surface area contributed by atoms with Gasteiger partial charge in [0, 0.05) is 16.5 Å². The van der Waals surface area contributed by atoms with Crippen molar-refractivity contribution in [3.63, 3.8) is 0 Å². The number of rotatable bonds is 4. The highest BCUT2D eigenvalue weighted by Gasteiger charge is 2.52. The second-order valence-electron chi connectivity index (χ2n) is 13.0. The van der Waals surface area contributed by atoms with Gasteiger partial charge in [-0.05, 0) is 80.8 Å². The van der Waals surface area contributed by atoms with Crippen molar-refractivity contribution in [3.8, 4) is 44.8 Å². The zero-order valence-corrected chi connectivity index (χ0v) is 26.3. The zero-order chi connectivity index (χ0) is 31.6. The summed E-state index contributed by atoms with van der Waals surface area (Å²) in [5, 5.41) is 0. The first-order chi connectivity index (χ1) is 23.1. The van der Waals surface area contributed by atoms with E-state index < -0.39 is 5.41 Å². The van der Waals surface area contributed by atoms with E-state index in [1.807, 2.05) is 6.08 Å². The van der Waals surface area contributed by atoms with Gasteiger partial charge in [-0.15, -0.1) is 6.58 Å². The number of allylic oxidation sites excluding steroid dienone is 7. The molecule has 9 rings (SSSR count). The van der Waals surface area contributed by atoms with Crippen LogP contribution in [0.5, 0.6) is 0 Å². The highest BCUT2D eigenvalue weighted by atomic mass is 14.7. The van der Waals surface area contributed by atoms with E-state index in [0.717, 1.165) is 28.1 Å². The third-order valence-electron chi connectivity index (χ3n) is 10.3. The Balaban J connectivity index is 1.32.